The van der Waals surface area contributed by atoms with Gasteiger partial charge in [-0.25, -0.2) is 4.79 Å². The van der Waals surface area contributed by atoms with Crippen molar-refractivity contribution in [2.24, 2.45) is 0 Å². The molecule has 1 aliphatic heterocycles. The number of carboxylic acid groups (broad SMARTS) is 1. The number of amides is 1. The highest BCUT2D eigenvalue weighted by Crippen LogP contribution is 2.27. The minimum Gasteiger partial charge on any atom is -0.478 e. The topological polar surface area (TPSA) is 83.6 Å². The summed E-state index contributed by atoms with van der Waals surface area (Å²) in [7, 11) is 0. The molecule has 5 heteroatoms. The van der Waals surface area contributed by atoms with Crippen LogP contribution in [0.2, 0.25) is 0 Å². The lowest BCUT2D eigenvalue weighted by Gasteiger charge is -2.18. The van der Waals surface area contributed by atoms with Crippen LogP contribution in [0.4, 0.5) is 11.4 Å². The second kappa shape index (κ2) is 3.84. The number of nitrogen functional groups attached to an aromatic ring is 1. The number of carboxylic acids is 1. The van der Waals surface area contributed by atoms with Gasteiger partial charge in [-0.2, -0.15) is 0 Å². The van der Waals surface area contributed by atoms with E-state index in [0.29, 0.717) is 24.3 Å². The van der Waals surface area contributed by atoms with E-state index in [4.69, 9.17) is 10.8 Å². The number of hydrogen-bond acceptors (Lipinski definition) is 3. The van der Waals surface area contributed by atoms with Gasteiger partial charge in [0.05, 0.1) is 11.3 Å². The molecule has 1 fully saturated rings. The average Bonchev–Trinajstić information content (AvgIpc) is 2.63. The Labute approximate surface area is 92.5 Å². The summed E-state index contributed by atoms with van der Waals surface area (Å²) >= 11 is 0. The average molecular weight is 220 g/mol. The minimum absolute atomic E-state index is 0.0481. The number of anilines is 2. The number of hydrogen-bond donors (Lipinski definition) is 2. The fraction of sp³-hybridized carbons (Fsp3) is 0.273. The van der Waals surface area contributed by atoms with E-state index < -0.39 is 5.97 Å². The third kappa shape index (κ3) is 1.71. The number of carbonyl (C=O) groups is 2. The maximum absolute atomic E-state index is 11.6. The molecular formula is C11H12N2O3. The van der Waals surface area contributed by atoms with Crippen LogP contribution in [0.5, 0.6) is 0 Å². The molecule has 5 nitrogen and oxygen atoms in total. The molecule has 3 N–H and O–H groups in total. The first-order chi connectivity index (χ1) is 7.59. The molecule has 0 radical (unpaired) electrons. The van der Waals surface area contributed by atoms with Gasteiger partial charge in [-0.05, 0) is 24.6 Å². The molecule has 0 atom stereocenters. The molecule has 0 aromatic heterocycles. The molecule has 2 rings (SSSR count). The largest absolute Gasteiger partial charge is 0.478 e. The van der Waals surface area contributed by atoms with E-state index in [-0.39, 0.29) is 11.5 Å². The Bertz CT molecular complexity index is 457. The number of rotatable bonds is 2. The molecule has 1 heterocycles. The molecule has 84 valence electrons. The van der Waals surface area contributed by atoms with E-state index in [9.17, 15) is 9.59 Å². The molecule has 1 aromatic rings. The molecule has 1 saturated heterocycles. The number of nitrogens with two attached hydrogens (primary N) is 1. The molecule has 1 amide bonds. The lowest BCUT2D eigenvalue weighted by Crippen LogP contribution is -2.25. The predicted molar refractivity (Wildman–Crippen MR) is 59.4 cm³/mol. The molecule has 0 saturated carbocycles. The van der Waals surface area contributed by atoms with Crippen molar-refractivity contribution >= 4 is 23.3 Å². The van der Waals surface area contributed by atoms with Crippen LogP contribution in [0.3, 0.4) is 0 Å². The fourth-order valence-corrected chi connectivity index (χ4v) is 1.86. The fourth-order valence-electron chi connectivity index (χ4n) is 1.86. The van der Waals surface area contributed by atoms with Gasteiger partial charge in [0.15, 0.2) is 0 Å². The highest BCUT2D eigenvalue weighted by atomic mass is 16.4. The summed E-state index contributed by atoms with van der Waals surface area (Å²) in [6.45, 7) is 0.558. The Kier molecular flexibility index (Phi) is 2.52. The standard InChI is InChI=1S/C11H12N2O3/c12-7-3-4-8(11(15)16)9(6-7)13-5-1-2-10(13)14/h3-4,6H,1-2,5,12H2,(H,15,16). The lowest BCUT2D eigenvalue weighted by molar-refractivity contribution is -0.117. The third-order valence-electron chi connectivity index (χ3n) is 2.62. The van der Waals surface area contributed by atoms with Crippen molar-refractivity contribution in [2.45, 2.75) is 12.8 Å². The monoisotopic (exact) mass is 220 g/mol. The second-order valence-electron chi connectivity index (χ2n) is 3.73. The Balaban J connectivity index is 2.48. The van der Waals surface area contributed by atoms with Crippen LogP contribution >= 0.6 is 0 Å². The van der Waals surface area contributed by atoms with Crippen molar-refractivity contribution in [3.8, 4) is 0 Å². The Hall–Kier alpha value is -2.04. The molecule has 0 spiro atoms. The van der Waals surface area contributed by atoms with Gasteiger partial charge < -0.3 is 15.7 Å². The quantitative estimate of drug-likeness (QED) is 0.731. The van der Waals surface area contributed by atoms with E-state index in [1.165, 1.54) is 23.1 Å². The van der Waals surface area contributed by atoms with Crippen LogP contribution in [-0.4, -0.2) is 23.5 Å². The highest BCUT2D eigenvalue weighted by Gasteiger charge is 2.25. The number of aromatic carboxylic acids is 1. The third-order valence-corrected chi connectivity index (χ3v) is 2.62. The maximum Gasteiger partial charge on any atom is 0.337 e. The Morgan fingerprint density at radius 2 is 2.19 bits per heavy atom. The normalized spacial score (nSPS) is 15.5. The van der Waals surface area contributed by atoms with Crippen molar-refractivity contribution in [3.63, 3.8) is 0 Å². The first-order valence-electron chi connectivity index (χ1n) is 5.03. The summed E-state index contributed by atoms with van der Waals surface area (Å²) in [5, 5.41) is 9.02. The molecule has 0 aliphatic carbocycles. The van der Waals surface area contributed by atoms with Gasteiger partial charge in [-0.3, -0.25) is 4.79 Å². The van der Waals surface area contributed by atoms with E-state index in [1.54, 1.807) is 0 Å². The molecule has 16 heavy (non-hydrogen) atoms. The molecule has 1 aliphatic rings. The van der Waals surface area contributed by atoms with Crippen molar-refractivity contribution in [1.29, 1.82) is 0 Å². The summed E-state index contributed by atoms with van der Waals surface area (Å²) in [5.74, 6) is -1.09. The zero-order valence-electron chi connectivity index (χ0n) is 8.64. The van der Waals surface area contributed by atoms with Crippen molar-refractivity contribution in [1.82, 2.24) is 0 Å². The van der Waals surface area contributed by atoms with Crippen LogP contribution in [0.1, 0.15) is 23.2 Å². The number of nitrogens with zero attached hydrogens (tertiary/aromatic N) is 1. The van der Waals surface area contributed by atoms with Gasteiger partial charge in [0, 0.05) is 18.7 Å². The van der Waals surface area contributed by atoms with Crippen LogP contribution in [0, 0.1) is 0 Å². The van der Waals surface area contributed by atoms with E-state index in [0.717, 1.165) is 6.42 Å². The zero-order chi connectivity index (χ0) is 11.7. The van der Waals surface area contributed by atoms with Gasteiger partial charge in [-0.15, -0.1) is 0 Å². The van der Waals surface area contributed by atoms with Crippen molar-refractivity contribution in [2.75, 3.05) is 17.2 Å². The molecule has 1 aromatic carbocycles. The highest BCUT2D eigenvalue weighted by molar-refractivity contribution is 6.03. The Morgan fingerprint density at radius 1 is 1.44 bits per heavy atom. The van der Waals surface area contributed by atoms with Crippen molar-refractivity contribution < 1.29 is 14.7 Å². The molecular weight excluding hydrogens is 208 g/mol. The van der Waals surface area contributed by atoms with Gasteiger partial charge in [0.2, 0.25) is 5.91 Å². The van der Waals surface area contributed by atoms with Crippen LogP contribution in [0.15, 0.2) is 18.2 Å². The minimum atomic E-state index is -1.05. The first kappa shape index (κ1) is 10.5. The smallest absolute Gasteiger partial charge is 0.337 e. The summed E-state index contributed by atoms with van der Waals surface area (Å²) < 4.78 is 0. The van der Waals surface area contributed by atoms with Gasteiger partial charge in [0.25, 0.3) is 0 Å². The molecule has 0 bridgehead atoms. The van der Waals surface area contributed by atoms with E-state index in [1.807, 2.05) is 0 Å². The summed E-state index contributed by atoms with van der Waals surface area (Å²) in [4.78, 5) is 24.1. The summed E-state index contributed by atoms with van der Waals surface area (Å²) in [5.41, 5.74) is 6.58. The van der Waals surface area contributed by atoms with E-state index in [2.05, 4.69) is 0 Å². The number of carbonyl (C=O) groups excluding carboxylic acids is 1. The van der Waals surface area contributed by atoms with Gasteiger partial charge in [0.1, 0.15) is 0 Å². The number of benzene rings is 1. The Morgan fingerprint density at radius 3 is 2.75 bits per heavy atom. The second-order valence-corrected chi connectivity index (χ2v) is 3.73. The van der Waals surface area contributed by atoms with Crippen LogP contribution in [0.25, 0.3) is 0 Å². The molecule has 0 unspecified atom stereocenters. The van der Waals surface area contributed by atoms with Crippen molar-refractivity contribution in [3.05, 3.63) is 23.8 Å². The summed E-state index contributed by atoms with van der Waals surface area (Å²) in [6, 6.07) is 4.48. The first-order valence-corrected chi connectivity index (χ1v) is 5.03. The van der Waals surface area contributed by atoms with E-state index >= 15 is 0 Å². The van der Waals surface area contributed by atoms with Crippen LogP contribution < -0.4 is 10.6 Å². The SMILES string of the molecule is Nc1ccc(C(=O)O)c(N2CCCC2=O)c1. The summed E-state index contributed by atoms with van der Waals surface area (Å²) in [6.07, 6.45) is 1.22. The zero-order valence-corrected chi connectivity index (χ0v) is 8.64. The van der Waals surface area contributed by atoms with Gasteiger partial charge in [-0.1, -0.05) is 0 Å². The van der Waals surface area contributed by atoms with Gasteiger partial charge >= 0.3 is 5.97 Å². The lowest BCUT2D eigenvalue weighted by atomic mass is 10.1. The maximum atomic E-state index is 11.6. The van der Waals surface area contributed by atoms with Crippen LogP contribution in [-0.2, 0) is 4.79 Å². The predicted octanol–water partition coefficient (Wildman–Crippen LogP) is 1.09.